The Hall–Kier alpha value is -2.08. The van der Waals surface area contributed by atoms with Gasteiger partial charge in [-0.3, -0.25) is 4.79 Å². The first-order chi connectivity index (χ1) is 12.6. The Kier molecular flexibility index (Phi) is 8.41. The maximum atomic E-state index is 12.3. The number of hydrogen-bond acceptors (Lipinski definition) is 3. The lowest BCUT2D eigenvalue weighted by molar-refractivity contribution is -0.132. The summed E-state index contributed by atoms with van der Waals surface area (Å²) in [6, 6.07) is 9.71. The van der Waals surface area contributed by atoms with E-state index in [0.717, 1.165) is 44.6 Å². The minimum absolute atomic E-state index is 0.137. The van der Waals surface area contributed by atoms with Crippen LogP contribution in [0.1, 0.15) is 31.7 Å². The molecule has 0 radical (unpaired) electrons. The Labute approximate surface area is 156 Å². The molecule has 2 rings (SSSR count). The van der Waals surface area contributed by atoms with Gasteiger partial charge in [-0.25, -0.2) is 4.79 Å². The largest absolute Gasteiger partial charge is 0.343 e. The number of urea groups is 1. The zero-order valence-electron chi connectivity index (χ0n) is 16.0. The van der Waals surface area contributed by atoms with Crippen molar-refractivity contribution in [3.05, 3.63) is 35.9 Å². The second-order valence-corrected chi connectivity index (χ2v) is 6.96. The van der Waals surface area contributed by atoms with E-state index in [-0.39, 0.29) is 11.9 Å². The molecule has 0 aliphatic carbocycles. The highest BCUT2D eigenvalue weighted by Crippen LogP contribution is 2.16. The number of rotatable bonds is 8. The van der Waals surface area contributed by atoms with Gasteiger partial charge < -0.3 is 20.4 Å². The third-order valence-corrected chi connectivity index (χ3v) is 4.87. The van der Waals surface area contributed by atoms with Crippen LogP contribution in [0.15, 0.2) is 30.3 Å². The molecule has 0 aromatic heterocycles. The fourth-order valence-electron chi connectivity index (χ4n) is 3.23. The summed E-state index contributed by atoms with van der Waals surface area (Å²) in [5, 5.41) is 6.22. The molecule has 0 unspecified atom stereocenters. The van der Waals surface area contributed by atoms with E-state index in [4.69, 9.17) is 0 Å². The van der Waals surface area contributed by atoms with Gasteiger partial charge in [0, 0.05) is 39.6 Å². The average molecular weight is 361 g/mol. The van der Waals surface area contributed by atoms with Crippen molar-refractivity contribution in [2.75, 3.05) is 39.8 Å². The summed E-state index contributed by atoms with van der Waals surface area (Å²) < 4.78 is 0. The normalized spacial score (nSPS) is 14.9. The summed E-state index contributed by atoms with van der Waals surface area (Å²) >= 11 is 0. The maximum absolute atomic E-state index is 12.3. The molecule has 0 spiro atoms. The molecule has 1 heterocycles. The Morgan fingerprint density at radius 1 is 1.19 bits per heavy atom. The molecule has 0 atom stereocenters. The number of amides is 3. The SMILES string of the molecule is CCNCC1CCN(C(=O)CCNC(=O)N(C)Cc2ccccc2)CC1. The number of benzene rings is 1. The Bertz CT molecular complexity index is 556. The zero-order chi connectivity index (χ0) is 18.8. The molecular weight excluding hydrogens is 328 g/mol. The predicted molar refractivity (Wildman–Crippen MR) is 104 cm³/mol. The third-order valence-electron chi connectivity index (χ3n) is 4.87. The summed E-state index contributed by atoms with van der Waals surface area (Å²) in [7, 11) is 1.76. The van der Waals surface area contributed by atoms with Crippen molar-refractivity contribution in [3.8, 4) is 0 Å². The lowest BCUT2D eigenvalue weighted by atomic mass is 9.96. The Morgan fingerprint density at radius 2 is 1.88 bits per heavy atom. The first kappa shape index (κ1) is 20.2. The maximum Gasteiger partial charge on any atom is 0.317 e. The van der Waals surface area contributed by atoms with Crippen molar-refractivity contribution in [1.29, 1.82) is 0 Å². The van der Waals surface area contributed by atoms with Crippen LogP contribution >= 0.6 is 0 Å². The molecule has 0 saturated carbocycles. The molecule has 3 amide bonds. The quantitative estimate of drug-likeness (QED) is 0.746. The molecule has 6 heteroatoms. The van der Waals surface area contributed by atoms with Gasteiger partial charge in [0.2, 0.25) is 5.91 Å². The molecule has 1 aliphatic rings. The van der Waals surface area contributed by atoms with Crippen molar-refractivity contribution >= 4 is 11.9 Å². The number of carbonyl (C=O) groups is 2. The van der Waals surface area contributed by atoms with E-state index >= 15 is 0 Å². The van der Waals surface area contributed by atoms with Crippen LogP contribution in [0.25, 0.3) is 0 Å². The average Bonchev–Trinajstić information content (AvgIpc) is 2.67. The van der Waals surface area contributed by atoms with Gasteiger partial charge in [-0.15, -0.1) is 0 Å². The van der Waals surface area contributed by atoms with Crippen molar-refractivity contribution < 1.29 is 9.59 Å². The van der Waals surface area contributed by atoms with Crippen LogP contribution in [-0.2, 0) is 11.3 Å². The topological polar surface area (TPSA) is 64.7 Å². The van der Waals surface area contributed by atoms with Crippen molar-refractivity contribution in [1.82, 2.24) is 20.4 Å². The predicted octanol–water partition coefficient (Wildman–Crippen LogP) is 2.07. The molecule has 1 saturated heterocycles. The van der Waals surface area contributed by atoms with Crippen molar-refractivity contribution in [2.24, 2.45) is 5.92 Å². The van der Waals surface area contributed by atoms with Crippen molar-refractivity contribution in [2.45, 2.75) is 32.7 Å². The Morgan fingerprint density at radius 3 is 2.54 bits per heavy atom. The van der Waals surface area contributed by atoms with Crippen LogP contribution in [0.2, 0.25) is 0 Å². The summed E-state index contributed by atoms with van der Waals surface area (Å²) in [5.74, 6) is 0.809. The van der Waals surface area contributed by atoms with Crippen LogP contribution in [-0.4, -0.2) is 61.5 Å². The van der Waals surface area contributed by atoms with Gasteiger partial charge in [0.1, 0.15) is 0 Å². The standard InChI is InChI=1S/C20H32N4O2/c1-3-21-15-17-10-13-24(14-11-17)19(25)9-12-22-20(26)23(2)16-18-7-5-4-6-8-18/h4-8,17,21H,3,9-16H2,1-2H3,(H,22,26). The number of nitrogens with zero attached hydrogens (tertiary/aromatic N) is 2. The van der Waals surface area contributed by atoms with Gasteiger partial charge >= 0.3 is 6.03 Å². The molecule has 0 bridgehead atoms. The van der Waals surface area contributed by atoms with Crippen LogP contribution < -0.4 is 10.6 Å². The minimum Gasteiger partial charge on any atom is -0.343 e. The molecule has 144 valence electrons. The van der Waals surface area contributed by atoms with Crippen LogP contribution in [0.3, 0.4) is 0 Å². The first-order valence-electron chi connectivity index (χ1n) is 9.61. The Balaban J connectivity index is 1.63. The highest BCUT2D eigenvalue weighted by Gasteiger charge is 2.22. The van der Waals surface area contributed by atoms with Gasteiger partial charge in [0.05, 0.1) is 0 Å². The van der Waals surface area contributed by atoms with E-state index in [0.29, 0.717) is 25.4 Å². The molecule has 1 fully saturated rings. The lowest BCUT2D eigenvalue weighted by Gasteiger charge is -2.32. The van der Waals surface area contributed by atoms with E-state index in [1.165, 1.54) is 0 Å². The molecular formula is C20H32N4O2. The fraction of sp³-hybridized carbons (Fsp3) is 0.600. The smallest absolute Gasteiger partial charge is 0.317 e. The summed E-state index contributed by atoms with van der Waals surface area (Å²) in [6.07, 6.45) is 2.48. The number of carbonyl (C=O) groups excluding carboxylic acids is 2. The van der Waals surface area contributed by atoms with Crippen molar-refractivity contribution in [3.63, 3.8) is 0 Å². The summed E-state index contributed by atoms with van der Waals surface area (Å²) in [4.78, 5) is 28.0. The molecule has 26 heavy (non-hydrogen) atoms. The fourth-order valence-corrected chi connectivity index (χ4v) is 3.23. The van der Waals surface area contributed by atoms with Gasteiger partial charge in [-0.2, -0.15) is 0 Å². The molecule has 6 nitrogen and oxygen atoms in total. The first-order valence-corrected chi connectivity index (χ1v) is 9.61. The second-order valence-electron chi connectivity index (χ2n) is 6.96. The zero-order valence-corrected chi connectivity index (χ0v) is 16.0. The van der Waals surface area contributed by atoms with Crippen LogP contribution in [0.4, 0.5) is 4.79 Å². The van der Waals surface area contributed by atoms with Gasteiger partial charge in [-0.1, -0.05) is 37.3 Å². The van der Waals surface area contributed by atoms with Crippen LogP contribution in [0, 0.1) is 5.92 Å². The second kappa shape index (κ2) is 10.8. The molecule has 1 aromatic carbocycles. The van der Waals surface area contributed by atoms with Crippen LogP contribution in [0.5, 0.6) is 0 Å². The molecule has 1 aromatic rings. The van der Waals surface area contributed by atoms with E-state index in [1.54, 1.807) is 11.9 Å². The molecule has 2 N–H and O–H groups in total. The highest BCUT2D eigenvalue weighted by atomic mass is 16.2. The number of hydrogen-bond donors (Lipinski definition) is 2. The van der Waals surface area contributed by atoms with E-state index in [2.05, 4.69) is 17.6 Å². The third kappa shape index (κ3) is 6.67. The number of likely N-dealkylation sites (tertiary alicyclic amines) is 1. The summed E-state index contributed by atoms with van der Waals surface area (Å²) in [5.41, 5.74) is 1.08. The monoisotopic (exact) mass is 360 g/mol. The summed E-state index contributed by atoms with van der Waals surface area (Å²) in [6.45, 7) is 6.76. The number of nitrogens with one attached hydrogen (secondary N) is 2. The molecule has 1 aliphatic heterocycles. The van der Waals surface area contributed by atoms with Gasteiger partial charge in [0.15, 0.2) is 0 Å². The van der Waals surface area contributed by atoms with E-state index < -0.39 is 0 Å². The lowest BCUT2D eigenvalue weighted by Crippen LogP contribution is -2.43. The van der Waals surface area contributed by atoms with Gasteiger partial charge in [0.25, 0.3) is 0 Å². The van der Waals surface area contributed by atoms with E-state index in [9.17, 15) is 9.59 Å². The van der Waals surface area contributed by atoms with Gasteiger partial charge in [-0.05, 0) is 37.4 Å². The van der Waals surface area contributed by atoms with E-state index in [1.807, 2.05) is 35.2 Å². The number of piperidine rings is 1. The highest BCUT2D eigenvalue weighted by molar-refractivity contribution is 5.78. The minimum atomic E-state index is -0.147.